The second kappa shape index (κ2) is 2.65. The minimum atomic E-state index is -0.341. The molecule has 2 aromatic heterocycles. The highest BCUT2D eigenvalue weighted by Gasteiger charge is 1.90. The highest BCUT2D eigenvalue weighted by atomic mass is 16.1. The predicted octanol–water partition coefficient (Wildman–Crippen LogP) is 0.385. The van der Waals surface area contributed by atoms with Gasteiger partial charge < -0.3 is 0 Å². The van der Waals surface area contributed by atoms with Crippen LogP contribution >= 0.6 is 0 Å². The Kier molecular flexibility index (Phi) is 1.51. The van der Waals surface area contributed by atoms with Gasteiger partial charge in [0, 0.05) is 23.8 Å². The van der Waals surface area contributed by atoms with E-state index in [0.29, 0.717) is 5.52 Å². The number of rotatable bonds is 0. The van der Waals surface area contributed by atoms with Gasteiger partial charge in [0.25, 0.3) is 5.56 Å². The van der Waals surface area contributed by atoms with Gasteiger partial charge >= 0.3 is 0 Å². The van der Waals surface area contributed by atoms with E-state index in [-0.39, 0.29) is 5.56 Å². The summed E-state index contributed by atoms with van der Waals surface area (Å²) in [5, 5.41) is 7.99. The first-order chi connectivity index (χ1) is 5.86. The summed E-state index contributed by atoms with van der Waals surface area (Å²) in [4.78, 5) is 14.7. The molecule has 0 aliphatic carbocycles. The van der Waals surface area contributed by atoms with Gasteiger partial charge in [0.2, 0.25) is 0 Å². The first-order valence-electron chi connectivity index (χ1n) is 3.44. The smallest absolute Gasteiger partial charge is 0.266 e. The Morgan fingerprint density at radius 2 is 2.00 bits per heavy atom. The van der Waals surface area contributed by atoms with Crippen molar-refractivity contribution in [2.24, 2.45) is 0 Å². The first kappa shape index (κ1) is 6.84. The molecule has 0 saturated heterocycles. The molecule has 0 aliphatic heterocycles. The molecule has 2 heterocycles. The van der Waals surface area contributed by atoms with Crippen molar-refractivity contribution in [2.45, 2.75) is 0 Å². The van der Waals surface area contributed by atoms with E-state index >= 15 is 0 Å². The van der Waals surface area contributed by atoms with Gasteiger partial charge in [0.1, 0.15) is 0 Å². The Morgan fingerprint density at radius 3 is 2.92 bits per heavy atom. The topological polar surface area (TPSA) is 55.7 Å². The fraction of sp³-hybridized carbons (Fsp3) is 0. The molecule has 0 aromatic carbocycles. The van der Waals surface area contributed by atoms with Crippen molar-refractivity contribution in [2.75, 3.05) is 0 Å². The summed E-state index contributed by atoms with van der Waals surface area (Å²) in [5.74, 6) is 0. The minimum absolute atomic E-state index is 0.341. The molecule has 2 aromatic rings. The van der Waals surface area contributed by atoms with Crippen LogP contribution in [0.3, 0.4) is 0 Å². The Morgan fingerprint density at radius 1 is 1.08 bits per heavy atom. The molecule has 0 aliphatic rings. The van der Waals surface area contributed by atoms with Crippen molar-refractivity contribution >= 4 is 10.9 Å². The number of aromatic nitrogens is 3. The zero-order valence-corrected chi connectivity index (χ0v) is 6.14. The lowest BCUT2D eigenvalue weighted by atomic mass is 10.3. The standard InChI is InChI=1S/C8H5N3O/c12-8-2-1-6-5-9-4-3-7(6)10-11-8/h1-5H. The van der Waals surface area contributed by atoms with E-state index in [9.17, 15) is 4.79 Å². The van der Waals surface area contributed by atoms with E-state index in [0.717, 1.165) is 5.39 Å². The number of hydrogen-bond acceptors (Lipinski definition) is 4. The van der Waals surface area contributed by atoms with Gasteiger partial charge in [-0.25, -0.2) is 0 Å². The zero-order chi connectivity index (χ0) is 8.39. The number of fused-ring (bicyclic) bond motifs is 1. The van der Waals surface area contributed by atoms with Crippen molar-refractivity contribution in [3.8, 4) is 0 Å². The SMILES string of the molecule is O=c1ccc2cnccc2nn1. The van der Waals surface area contributed by atoms with E-state index in [2.05, 4.69) is 15.2 Å². The van der Waals surface area contributed by atoms with Crippen LogP contribution in [0.4, 0.5) is 0 Å². The Hall–Kier alpha value is -1.84. The second-order valence-electron chi connectivity index (χ2n) is 2.31. The van der Waals surface area contributed by atoms with Crippen LogP contribution < -0.4 is 5.56 Å². The molecule has 0 unspecified atom stereocenters. The van der Waals surface area contributed by atoms with Crippen LogP contribution in [0.15, 0.2) is 35.4 Å². The van der Waals surface area contributed by atoms with Crippen molar-refractivity contribution < 1.29 is 0 Å². The Balaban J connectivity index is 2.94. The average molecular weight is 159 g/mol. The van der Waals surface area contributed by atoms with Crippen LogP contribution in [-0.2, 0) is 0 Å². The maximum absolute atomic E-state index is 10.8. The molecular weight excluding hydrogens is 154 g/mol. The Bertz CT molecular complexity index is 428. The summed E-state index contributed by atoms with van der Waals surface area (Å²) in [5.41, 5.74) is 0.332. The molecule has 0 saturated carbocycles. The lowest BCUT2D eigenvalue weighted by molar-refractivity contribution is 1.04. The van der Waals surface area contributed by atoms with Gasteiger partial charge in [-0.3, -0.25) is 9.78 Å². The predicted molar refractivity (Wildman–Crippen MR) is 43.6 cm³/mol. The summed E-state index contributed by atoms with van der Waals surface area (Å²) in [6.45, 7) is 0. The largest absolute Gasteiger partial charge is 0.288 e. The van der Waals surface area contributed by atoms with E-state index in [1.807, 2.05) is 0 Å². The molecule has 0 atom stereocenters. The number of hydrogen-bond donors (Lipinski definition) is 0. The summed E-state index contributed by atoms with van der Waals surface area (Å²) < 4.78 is 0. The van der Waals surface area contributed by atoms with E-state index < -0.39 is 0 Å². The van der Waals surface area contributed by atoms with Gasteiger partial charge in [-0.1, -0.05) is 0 Å². The van der Waals surface area contributed by atoms with Crippen molar-refractivity contribution in [3.63, 3.8) is 0 Å². The third kappa shape index (κ3) is 1.14. The molecule has 0 fully saturated rings. The highest BCUT2D eigenvalue weighted by molar-refractivity contribution is 5.75. The summed E-state index contributed by atoms with van der Waals surface area (Å²) in [6.07, 6.45) is 3.25. The van der Waals surface area contributed by atoms with Crippen LogP contribution in [-0.4, -0.2) is 15.2 Å². The third-order valence-corrected chi connectivity index (χ3v) is 1.49. The van der Waals surface area contributed by atoms with Crippen molar-refractivity contribution in [1.29, 1.82) is 0 Å². The fourth-order valence-corrected chi connectivity index (χ4v) is 0.916. The van der Waals surface area contributed by atoms with Gasteiger partial charge in [0.05, 0.1) is 5.52 Å². The summed E-state index contributed by atoms with van der Waals surface area (Å²) in [7, 11) is 0. The van der Waals surface area contributed by atoms with Crippen LogP contribution in [0.5, 0.6) is 0 Å². The Labute approximate surface area is 67.9 Å². The fourth-order valence-electron chi connectivity index (χ4n) is 0.916. The maximum atomic E-state index is 10.8. The number of pyridine rings is 1. The minimum Gasteiger partial charge on any atom is -0.266 e. The zero-order valence-electron chi connectivity index (χ0n) is 6.14. The average Bonchev–Trinajstić information content (AvgIpc) is 2.29. The molecule has 4 nitrogen and oxygen atoms in total. The van der Waals surface area contributed by atoms with Crippen LogP contribution in [0.2, 0.25) is 0 Å². The normalized spacial score (nSPS) is 10.0. The van der Waals surface area contributed by atoms with Crippen LogP contribution in [0.25, 0.3) is 10.9 Å². The summed E-state index contributed by atoms with van der Waals surface area (Å²) in [6, 6.07) is 4.74. The molecule has 0 amide bonds. The molecular formula is C8H5N3O. The lowest BCUT2D eigenvalue weighted by Gasteiger charge is -1.84. The van der Waals surface area contributed by atoms with E-state index in [1.165, 1.54) is 6.07 Å². The third-order valence-electron chi connectivity index (χ3n) is 1.49. The molecule has 12 heavy (non-hydrogen) atoms. The van der Waals surface area contributed by atoms with Gasteiger partial charge in [-0.2, -0.15) is 0 Å². The van der Waals surface area contributed by atoms with Crippen LogP contribution in [0.1, 0.15) is 0 Å². The highest BCUT2D eigenvalue weighted by Crippen LogP contribution is 2.03. The van der Waals surface area contributed by atoms with Crippen LogP contribution in [0, 0.1) is 0 Å². The molecule has 0 N–H and O–H groups in total. The lowest BCUT2D eigenvalue weighted by Crippen LogP contribution is -1.99. The molecule has 2 rings (SSSR count). The van der Waals surface area contributed by atoms with Crippen molar-refractivity contribution in [3.05, 3.63) is 40.9 Å². The quantitative estimate of drug-likeness (QED) is 0.557. The monoisotopic (exact) mass is 159 g/mol. The van der Waals surface area contributed by atoms with Gasteiger partial charge in [-0.15, -0.1) is 10.2 Å². The van der Waals surface area contributed by atoms with E-state index in [1.54, 1.807) is 24.5 Å². The molecule has 58 valence electrons. The first-order valence-corrected chi connectivity index (χ1v) is 3.44. The molecule has 0 radical (unpaired) electrons. The number of nitrogens with zero attached hydrogens (tertiary/aromatic N) is 3. The molecule has 0 bridgehead atoms. The van der Waals surface area contributed by atoms with E-state index in [4.69, 9.17) is 0 Å². The maximum Gasteiger partial charge on any atom is 0.288 e. The molecule has 0 spiro atoms. The second-order valence-corrected chi connectivity index (χ2v) is 2.31. The summed E-state index contributed by atoms with van der Waals surface area (Å²) >= 11 is 0. The van der Waals surface area contributed by atoms with Crippen molar-refractivity contribution in [1.82, 2.24) is 15.2 Å². The van der Waals surface area contributed by atoms with Gasteiger partial charge in [0.15, 0.2) is 0 Å². The molecule has 4 heteroatoms. The van der Waals surface area contributed by atoms with Gasteiger partial charge in [-0.05, 0) is 12.1 Å².